The lowest BCUT2D eigenvalue weighted by Crippen LogP contribution is -2.46. The molecule has 0 bridgehead atoms. The highest BCUT2D eigenvalue weighted by Gasteiger charge is 2.21. The summed E-state index contributed by atoms with van der Waals surface area (Å²) in [6.07, 6.45) is 4.43. The van der Waals surface area contributed by atoms with Crippen molar-refractivity contribution in [2.45, 2.75) is 26.4 Å². The molecule has 7 rings (SSSR count). The maximum atomic E-state index is 12.8. The normalized spacial score (nSPS) is 14.1. The molecule has 4 heterocycles. The molecule has 1 aliphatic heterocycles. The molecular weight excluding hydrogens is 538 g/mol. The number of fused-ring (bicyclic) bond motifs is 2. The molecule has 9 heteroatoms. The van der Waals surface area contributed by atoms with E-state index in [4.69, 9.17) is 4.98 Å². The fraction of sp³-hybridized carbons (Fsp3) is 0.235. The average molecular weight is 572 g/mol. The van der Waals surface area contributed by atoms with Crippen LogP contribution in [0.4, 0.5) is 5.69 Å². The maximum absolute atomic E-state index is 12.8. The fourth-order valence-electron chi connectivity index (χ4n) is 5.96. The van der Waals surface area contributed by atoms with E-state index in [9.17, 15) is 9.59 Å². The van der Waals surface area contributed by atoms with Gasteiger partial charge in [0, 0.05) is 50.7 Å². The van der Waals surface area contributed by atoms with Crippen molar-refractivity contribution >= 4 is 27.8 Å². The van der Waals surface area contributed by atoms with Crippen molar-refractivity contribution in [3.05, 3.63) is 123 Å². The third-order valence-electron chi connectivity index (χ3n) is 8.35. The summed E-state index contributed by atoms with van der Waals surface area (Å²) < 4.78 is 1.55. The number of para-hydroxylation sites is 1. The van der Waals surface area contributed by atoms with Crippen molar-refractivity contribution in [2.75, 3.05) is 31.1 Å². The number of rotatable bonds is 7. The van der Waals surface area contributed by atoms with Crippen LogP contribution >= 0.6 is 0 Å². The van der Waals surface area contributed by atoms with E-state index in [1.54, 1.807) is 17.0 Å². The summed E-state index contributed by atoms with van der Waals surface area (Å²) in [5, 5.41) is 0. The number of nitrogens with one attached hydrogen (secondary N) is 2. The number of nitrogens with zero attached hydrogens (tertiary/aromatic N) is 5. The van der Waals surface area contributed by atoms with Crippen molar-refractivity contribution < 1.29 is 0 Å². The predicted octanol–water partition coefficient (Wildman–Crippen LogP) is 4.56. The van der Waals surface area contributed by atoms with Crippen LogP contribution in [0.1, 0.15) is 23.6 Å². The van der Waals surface area contributed by atoms with E-state index in [-0.39, 0.29) is 0 Å². The number of hydrogen-bond acceptors (Lipinski definition) is 6. The van der Waals surface area contributed by atoms with Gasteiger partial charge in [-0.25, -0.2) is 4.98 Å². The van der Waals surface area contributed by atoms with E-state index in [1.165, 1.54) is 5.56 Å². The van der Waals surface area contributed by atoms with Crippen molar-refractivity contribution in [1.82, 2.24) is 29.4 Å². The van der Waals surface area contributed by atoms with Crippen LogP contribution < -0.4 is 16.0 Å². The summed E-state index contributed by atoms with van der Waals surface area (Å²) in [7, 11) is 0. The lowest BCUT2D eigenvalue weighted by atomic mass is 10.1. The zero-order valence-electron chi connectivity index (χ0n) is 24.1. The van der Waals surface area contributed by atoms with Gasteiger partial charge in [0.1, 0.15) is 11.3 Å². The first-order valence-electron chi connectivity index (χ1n) is 14.8. The minimum absolute atomic E-state index is 0.291. The number of imidazole rings is 1. The molecule has 0 aliphatic carbocycles. The van der Waals surface area contributed by atoms with E-state index in [0.29, 0.717) is 12.1 Å². The number of aromatic nitrogens is 5. The van der Waals surface area contributed by atoms with Gasteiger partial charge in [-0.3, -0.25) is 24.0 Å². The molecule has 0 saturated carbocycles. The molecule has 2 N–H and O–H groups in total. The standard InChI is InChI=1S/C34H33N7O2/c1-2-23-8-11-26(12-9-23)32-36-28-6-3-7-29(31(28)38-32)40-17-15-39(16-18-40)21-24-10-13-27-30(19-24)41(34(43)33(42)37-27)22-25-5-4-14-35-20-25/h3-14,19-20H,2,15-18,21-22H2,1H3,(H,36,38)(H,37,42). The van der Waals surface area contributed by atoms with Crippen LogP contribution in [-0.2, 0) is 19.5 Å². The molecule has 0 unspecified atom stereocenters. The zero-order chi connectivity index (χ0) is 29.3. The summed E-state index contributed by atoms with van der Waals surface area (Å²) >= 11 is 0. The monoisotopic (exact) mass is 571 g/mol. The number of hydrogen-bond donors (Lipinski definition) is 2. The minimum atomic E-state index is -0.617. The highest BCUT2D eigenvalue weighted by molar-refractivity contribution is 5.91. The zero-order valence-corrected chi connectivity index (χ0v) is 24.1. The number of benzene rings is 3. The van der Waals surface area contributed by atoms with E-state index < -0.39 is 11.1 Å². The third-order valence-corrected chi connectivity index (χ3v) is 8.35. The number of pyridine rings is 1. The molecule has 0 radical (unpaired) electrons. The van der Waals surface area contributed by atoms with Crippen LogP contribution in [0.25, 0.3) is 33.5 Å². The van der Waals surface area contributed by atoms with Gasteiger partial charge in [0.2, 0.25) is 0 Å². The molecule has 0 atom stereocenters. The number of aryl methyl sites for hydroxylation is 1. The second-order valence-electron chi connectivity index (χ2n) is 11.1. The third kappa shape index (κ3) is 5.35. The molecule has 43 heavy (non-hydrogen) atoms. The molecule has 6 aromatic rings. The number of aromatic amines is 2. The smallest absolute Gasteiger partial charge is 0.317 e. The van der Waals surface area contributed by atoms with E-state index in [2.05, 4.69) is 74.1 Å². The number of H-pyrrole nitrogens is 2. The van der Waals surface area contributed by atoms with Crippen LogP contribution in [0, 0.1) is 0 Å². The van der Waals surface area contributed by atoms with E-state index in [0.717, 1.165) is 83.9 Å². The van der Waals surface area contributed by atoms with Crippen LogP contribution in [0.5, 0.6) is 0 Å². The molecule has 1 fully saturated rings. The lowest BCUT2D eigenvalue weighted by Gasteiger charge is -2.36. The Kier molecular flexibility index (Phi) is 7.08. The van der Waals surface area contributed by atoms with Crippen LogP contribution in [0.15, 0.2) is 94.8 Å². The Bertz CT molecular complexity index is 2020. The second kappa shape index (κ2) is 11.3. The molecule has 1 aliphatic rings. The Balaban J connectivity index is 1.08. The van der Waals surface area contributed by atoms with Gasteiger partial charge in [0.25, 0.3) is 0 Å². The Hall–Kier alpha value is -5.02. The Labute approximate surface area is 248 Å². The van der Waals surface area contributed by atoms with Gasteiger partial charge >= 0.3 is 11.1 Å². The molecule has 3 aromatic heterocycles. The minimum Gasteiger partial charge on any atom is -0.367 e. The number of piperazine rings is 1. The van der Waals surface area contributed by atoms with Gasteiger partial charge in [-0.1, -0.05) is 49.4 Å². The largest absolute Gasteiger partial charge is 0.367 e. The topological polar surface area (TPSA) is 103 Å². The summed E-state index contributed by atoms with van der Waals surface area (Å²) in [4.78, 5) is 45.5. The first-order chi connectivity index (χ1) is 21.1. The quantitative estimate of drug-likeness (QED) is 0.273. The summed E-state index contributed by atoms with van der Waals surface area (Å²) in [6.45, 7) is 6.79. The Morgan fingerprint density at radius 1 is 0.791 bits per heavy atom. The van der Waals surface area contributed by atoms with Gasteiger partial charge in [-0.05, 0) is 53.4 Å². The van der Waals surface area contributed by atoms with E-state index in [1.807, 2.05) is 30.3 Å². The summed E-state index contributed by atoms with van der Waals surface area (Å²) in [6, 6.07) is 24.6. The van der Waals surface area contributed by atoms with Gasteiger partial charge in [0.15, 0.2) is 0 Å². The van der Waals surface area contributed by atoms with Crippen molar-refractivity contribution in [1.29, 1.82) is 0 Å². The number of anilines is 1. The lowest BCUT2D eigenvalue weighted by molar-refractivity contribution is 0.250. The molecule has 216 valence electrons. The SMILES string of the molecule is CCc1ccc(-c2nc3c(N4CCN(Cc5ccc6[nH]c(=O)c(=O)n(Cc7cccnc7)c6c5)CC4)cccc3[nH]2)cc1. The molecule has 1 saturated heterocycles. The van der Waals surface area contributed by atoms with Gasteiger partial charge in [-0.15, -0.1) is 0 Å². The van der Waals surface area contributed by atoms with Gasteiger partial charge in [-0.2, -0.15) is 0 Å². The van der Waals surface area contributed by atoms with Crippen molar-refractivity contribution in [3.63, 3.8) is 0 Å². The van der Waals surface area contributed by atoms with Crippen molar-refractivity contribution in [2.24, 2.45) is 0 Å². The molecule has 9 nitrogen and oxygen atoms in total. The average Bonchev–Trinajstić information content (AvgIpc) is 3.49. The van der Waals surface area contributed by atoms with Crippen molar-refractivity contribution in [3.8, 4) is 11.4 Å². The summed E-state index contributed by atoms with van der Waals surface area (Å²) in [5.41, 5.74) is 7.76. The molecule has 0 spiro atoms. The first kappa shape index (κ1) is 26.9. The van der Waals surface area contributed by atoms with Gasteiger partial charge < -0.3 is 14.9 Å². The predicted molar refractivity (Wildman–Crippen MR) is 171 cm³/mol. The first-order valence-corrected chi connectivity index (χ1v) is 14.8. The van der Waals surface area contributed by atoms with Gasteiger partial charge in [0.05, 0.1) is 28.8 Å². The molecular formula is C34H33N7O2. The van der Waals surface area contributed by atoms with Crippen LogP contribution in [0.2, 0.25) is 0 Å². The fourth-order valence-corrected chi connectivity index (χ4v) is 5.96. The molecule has 0 amide bonds. The van der Waals surface area contributed by atoms with Crippen LogP contribution in [0.3, 0.4) is 0 Å². The second-order valence-corrected chi connectivity index (χ2v) is 11.1. The highest BCUT2D eigenvalue weighted by Crippen LogP contribution is 2.29. The Morgan fingerprint density at radius 2 is 1.60 bits per heavy atom. The highest BCUT2D eigenvalue weighted by atomic mass is 16.2. The summed E-state index contributed by atoms with van der Waals surface area (Å²) in [5.74, 6) is 0.892. The van der Waals surface area contributed by atoms with Crippen LogP contribution in [-0.4, -0.2) is 55.6 Å². The Morgan fingerprint density at radius 3 is 2.37 bits per heavy atom. The van der Waals surface area contributed by atoms with E-state index >= 15 is 0 Å². The maximum Gasteiger partial charge on any atom is 0.317 e. The molecule has 3 aromatic carbocycles.